The summed E-state index contributed by atoms with van der Waals surface area (Å²) >= 11 is 0. The van der Waals surface area contributed by atoms with Crippen molar-refractivity contribution in [1.82, 2.24) is 39.5 Å². The van der Waals surface area contributed by atoms with Crippen LogP contribution in [-0.4, -0.2) is 39.5 Å². The summed E-state index contributed by atoms with van der Waals surface area (Å²) < 4.78 is 69.2. The first kappa shape index (κ1) is 23.3. The van der Waals surface area contributed by atoms with E-state index in [2.05, 4.69) is 30.2 Å². The molecule has 9 nitrogen and oxygen atoms in total. The van der Waals surface area contributed by atoms with Crippen molar-refractivity contribution in [3.63, 3.8) is 0 Å². The first-order chi connectivity index (χ1) is 17.2. The summed E-state index contributed by atoms with van der Waals surface area (Å²) in [6.07, 6.45) is 2.32. The summed E-state index contributed by atoms with van der Waals surface area (Å²) in [6.45, 7) is 1.87. The molecule has 0 spiro atoms. The molecule has 0 aliphatic rings. The van der Waals surface area contributed by atoms with Crippen LogP contribution in [0, 0.1) is 11.6 Å². The van der Waals surface area contributed by atoms with E-state index in [0.29, 0.717) is 28.7 Å². The minimum absolute atomic E-state index is 0.0107. The fraction of sp³-hybridized carbons (Fsp3) is 0.182. The molecule has 36 heavy (non-hydrogen) atoms. The molecule has 2 N–H and O–H groups in total. The van der Waals surface area contributed by atoms with Gasteiger partial charge in [0.25, 0.3) is 0 Å². The predicted octanol–water partition coefficient (Wildman–Crippen LogP) is 4.35. The van der Waals surface area contributed by atoms with E-state index in [1.54, 1.807) is 10.8 Å². The Balaban J connectivity index is 1.61. The number of hydrogen-bond acceptors (Lipinski definition) is 7. The van der Waals surface area contributed by atoms with Gasteiger partial charge in [0, 0.05) is 35.8 Å². The van der Waals surface area contributed by atoms with Gasteiger partial charge in [-0.3, -0.25) is 0 Å². The minimum Gasteiger partial charge on any atom is -0.383 e. The number of hydrogen-bond donors (Lipinski definition) is 1. The highest BCUT2D eigenvalue weighted by molar-refractivity contribution is 6.00. The van der Waals surface area contributed by atoms with Crippen molar-refractivity contribution >= 4 is 16.9 Å². The monoisotopic (exact) mass is 501 g/mol. The van der Waals surface area contributed by atoms with Gasteiger partial charge in [-0.2, -0.15) is 13.2 Å². The number of nitrogens with zero attached hydrogens (tertiary/aromatic N) is 8. The van der Waals surface area contributed by atoms with E-state index in [1.165, 1.54) is 23.3 Å². The van der Waals surface area contributed by atoms with Crippen LogP contribution < -0.4 is 5.73 Å². The Bertz CT molecular complexity index is 1560. The molecule has 0 radical (unpaired) electrons. The Morgan fingerprint density at radius 3 is 2.44 bits per heavy atom. The minimum atomic E-state index is -4.68. The normalized spacial score (nSPS) is 12.8. The van der Waals surface area contributed by atoms with Gasteiger partial charge >= 0.3 is 6.18 Å². The molecule has 4 aromatic heterocycles. The zero-order chi connectivity index (χ0) is 25.6. The summed E-state index contributed by atoms with van der Waals surface area (Å²) in [4.78, 5) is 15.2. The van der Waals surface area contributed by atoms with Crippen molar-refractivity contribution in [2.45, 2.75) is 25.6 Å². The Morgan fingerprint density at radius 1 is 1.03 bits per heavy atom. The number of alkyl halides is 3. The Kier molecular flexibility index (Phi) is 5.57. The van der Waals surface area contributed by atoms with Gasteiger partial charge in [-0.1, -0.05) is 12.1 Å². The van der Waals surface area contributed by atoms with E-state index in [0.717, 1.165) is 24.5 Å². The van der Waals surface area contributed by atoms with Gasteiger partial charge < -0.3 is 10.3 Å². The molecule has 184 valence electrons. The molecule has 4 heterocycles. The lowest BCUT2D eigenvalue weighted by Crippen LogP contribution is -2.10. The van der Waals surface area contributed by atoms with Crippen LogP contribution in [0.15, 0.2) is 49.3 Å². The van der Waals surface area contributed by atoms with E-state index < -0.39 is 29.7 Å². The van der Waals surface area contributed by atoms with Gasteiger partial charge in [-0.05, 0) is 18.6 Å². The van der Waals surface area contributed by atoms with Gasteiger partial charge in [-0.15, -0.1) is 5.10 Å². The molecule has 5 aromatic rings. The fourth-order valence-electron chi connectivity index (χ4n) is 3.94. The Hall–Kier alpha value is -4.49. The average molecular weight is 501 g/mol. The van der Waals surface area contributed by atoms with E-state index in [-0.39, 0.29) is 17.1 Å². The van der Waals surface area contributed by atoms with Gasteiger partial charge in [-0.25, -0.2) is 33.4 Å². The second kappa shape index (κ2) is 8.62. The average Bonchev–Trinajstić information content (AvgIpc) is 3.46. The van der Waals surface area contributed by atoms with Crippen LogP contribution in [0.3, 0.4) is 0 Å². The number of nitrogens with two attached hydrogens (primary N) is 1. The first-order valence-corrected chi connectivity index (χ1v) is 10.6. The second-order valence-corrected chi connectivity index (χ2v) is 7.81. The number of aromatic nitrogens is 8. The van der Waals surface area contributed by atoms with Gasteiger partial charge in [0.1, 0.15) is 35.0 Å². The van der Waals surface area contributed by atoms with E-state index in [9.17, 15) is 22.0 Å². The maximum atomic E-state index is 14.3. The third kappa shape index (κ3) is 3.99. The summed E-state index contributed by atoms with van der Waals surface area (Å²) in [5.41, 5.74) is 7.65. The SMILES string of the molecule is CC[C@H](c1cn(-c2ccc(F)cc2F)nn1)n1cc(-c2cnc(C(F)(F)F)nc2)c2c(N)ncnc21. The number of fused-ring (bicyclic) bond motifs is 1. The molecule has 0 unspecified atom stereocenters. The van der Waals surface area contributed by atoms with Crippen LogP contribution in [-0.2, 0) is 6.18 Å². The number of nitrogen functional groups attached to an aromatic ring is 1. The van der Waals surface area contributed by atoms with Gasteiger partial charge in [0.15, 0.2) is 5.82 Å². The largest absolute Gasteiger partial charge is 0.451 e. The Labute approximate surface area is 199 Å². The van der Waals surface area contributed by atoms with Crippen LogP contribution in [0.25, 0.3) is 27.8 Å². The predicted molar refractivity (Wildman–Crippen MR) is 118 cm³/mol. The number of benzene rings is 1. The topological polar surface area (TPSA) is 113 Å². The third-order valence-electron chi connectivity index (χ3n) is 5.59. The zero-order valence-electron chi connectivity index (χ0n) is 18.4. The van der Waals surface area contributed by atoms with Gasteiger partial charge in [0.05, 0.1) is 17.6 Å². The third-order valence-corrected chi connectivity index (χ3v) is 5.59. The molecular weight excluding hydrogens is 485 g/mol. The van der Waals surface area contributed by atoms with Crippen LogP contribution >= 0.6 is 0 Å². The van der Waals surface area contributed by atoms with Crippen LogP contribution in [0.2, 0.25) is 0 Å². The highest BCUT2D eigenvalue weighted by atomic mass is 19.4. The van der Waals surface area contributed by atoms with Crippen LogP contribution in [0.4, 0.5) is 27.8 Å². The summed E-state index contributed by atoms with van der Waals surface area (Å²) in [7, 11) is 0. The molecule has 0 saturated carbocycles. The van der Waals surface area contributed by atoms with Crippen molar-refractivity contribution in [2.75, 3.05) is 5.73 Å². The van der Waals surface area contributed by atoms with Crippen molar-refractivity contribution < 1.29 is 22.0 Å². The number of halogens is 5. The van der Waals surface area contributed by atoms with E-state index >= 15 is 0 Å². The van der Waals surface area contributed by atoms with Crippen LogP contribution in [0.5, 0.6) is 0 Å². The van der Waals surface area contributed by atoms with Gasteiger partial charge in [0.2, 0.25) is 5.82 Å². The summed E-state index contributed by atoms with van der Waals surface area (Å²) in [6, 6.07) is 2.62. The molecule has 14 heteroatoms. The lowest BCUT2D eigenvalue weighted by Gasteiger charge is -2.15. The molecule has 1 atom stereocenters. The number of rotatable bonds is 5. The molecule has 0 saturated heterocycles. The van der Waals surface area contributed by atoms with Crippen molar-refractivity contribution in [2.24, 2.45) is 0 Å². The standard InChI is InChI=1S/C22H16F5N9/c1-2-16(15-9-36(34-33-15)17-4-3-12(23)5-14(17)24)35-8-13(18-19(28)31-10-32-20(18)35)11-6-29-21(30-7-11)22(25,26)27/h3-10,16H,2H2,1H3,(H2,28,31,32)/t16-/m1/s1. The van der Waals surface area contributed by atoms with Crippen LogP contribution in [0.1, 0.15) is 30.9 Å². The van der Waals surface area contributed by atoms with Crippen molar-refractivity contribution in [1.29, 1.82) is 0 Å². The summed E-state index contributed by atoms with van der Waals surface area (Å²) in [5, 5.41) is 8.53. The molecular formula is C22H16F5N9. The number of anilines is 1. The molecule has 0 bridgehead atoms. The fourth-order valence-corrected chi connectivity index (χ4v) is 3.94. The lowest BCUT2D eigenvalue weighted by atomic mass is 10.1. The summed E-state index contributed by atoms with van der Waals surface area (Å²) in [5.74, 6) is -2.69. The zero-order valence-corrected chi connectivity index (χ0v) is 18.4. The molecule has 0 amide bonds. The van der Waals surface area contributed by atoms with E-state index in [1.807, 2.05) is 6.92 Å². The maximum Gasteiger partial charge on any atom is 0.451 e. The van der Waals surface area contributed by atoms with Crippen molar-refractivity contribution in [3.8, 4) is 16.8 Å². The first-order valence-electron chi connectivity index (χ1n) is 10.6. The second-order valence-electron chi connectivity index (χ2n) is 7.81. The smallest absolute Gasteiger partial charge is 0.383 e. The molecule has 0 fully saturated rings. The highest BCUT2D eigenvalue weighted by Gasteiger charge is 2.34. The lowest BCUT2D eigenvalue weighted by molar-refractivity contribution is -0.144. The molecule has 0 aliphatic heterocycles. The van der Waals surface area contributed by atoms with Crippen molar-refractivity contribution in [3.05, 3.63) is 72.5 Å². The van der Waals surface area contributed by atoms with E-state index in [4.69, 9.17) is 5.73 Å². The molecule has 0 aliphatic carbocycles. The maximum absolute atomic E-state index is 14.3. The Morgan fingerprint density at radius 2 is 1.78 bits per heavy atom. The highest BCUT2D eigenvalue weighted by Crippen LogP contribution is 2.36. The quantitative estimate of drug-likeness (QED) is 0.356. The molecule has 1 aromatic carbocycles. The molecule has 5 rings (SSSR count).